The lowest BCUT2D eigenvalue weighted by molar-refractivity contribution is -0.948. The van der Waals surface area contributed by atoms with Gasteiger partial charge in [0.25, 0.3) is 0 Å². The van der Waals surface area contributed by atoms with E-state index in [9.17, 15) is 0 Å². The minimum Gasteiger partial charge on any atom is -0.870 e. The lowest BCUT2D eigenvalue weighted by atomic mass is 10.1. The van der Waals surface area contributed by atoms with E-state index in [0.717, 1.165) is 24.1 Å². The minimum atomic E-state index is 0. The molecule has 3 aromatic rings. The minimum absolute atomic E-state index is 0. The molecule has 0 amide bonds. The first kappa shape index (κ1) is 17.9. The molecule has 24 heavy (non-hydrogen) atoms. The van der Waals surface area contributed by atoms with Gasteiger partial charge in [0, 0.05) is 16.7 Å². The van der Waals surface area contributed by atoms with Gasteiger partial charge < -0.3 is 9.96 Å². The molecule has 0 radical (unpaired) electrons. The Hall–Kier alpha value is -2.42. The molecule has 1 N–H and O–H groups in total. The van der Waals surface area contributed by atoms with Gasteiger partial charge in [-0.15, -0.1) is 0 Å². The van der Waals surface area contributed by atoms with Crippen LogP contribution < -0.4 is 0 Å². The first-order chi connectivity index (χ1) is 11.2. The van der Waals surface area contributed by atoms with Crippen LogP contribution in [-0.2, 0) is 19.6 Å². The second-order valence-corrected chi connectivity index (χ2v) is 6.55. The van der Waals surface area contributed by atoms with Crippen LogP contribution in [0.25, 0.3) is 0 Å². The van der Waals surface area contributed by atoms with Crippen LogP contribution in [0.1, 0.15) is 16.7 Å². The Morgan fingerprint density at radius 3 is 1.00 bits per heavy atom. The average Bonchev–Trinajstić information content (AvgIpc) is 2.57. The summed E-state index contributed by atoms with van der Waals surface area (Å²) in [7, 11) is 2.35. The van der Waals surface area contributed by atoms with Crippen molar-refractivity contribution in [1.82, 2.24) is 0 Å². The molecule has 0 saturated heterocycles. The lowest BCUT2D eigenvalue weighted by Gasteiger charge is -2.35. The van der Waals surface area contributed by atoms with E-state index >= 15 is 0 Å². The average molecular weight is 319 g/mol. The number of quaternary nitrogens is 1. The van der Waals surface area contributed by atoms with Crippen molar-refractivity contribution in [3.05, 3.63) is 108 Å². The van der Waals surface area contributed by atoms with Gasteiger partial charge in [0.2, 0.25) is 0 Å². The van der Waals surface area contributed by atoms with Crippen LogP contribution in [0.4, 0.5) is 0 Å². The summed E-state index contributed by atoms with van der Waals surface area (Å²) < 4.78 is 0.970. The predicted octanol–water partition coefficient (Wildman–Crippen LogP) is 4.86. The van der Waals surface area contributed by atoms with Gasteiger partial charge in [-0.05, 0) is 0 Å². The zero-order chi connectivity index (χ0) is 16.0. The highest BCUT2D eigenvalue weighted by Crippen LogP contribution is 2.21. The smallest absolute Gasteiger partial charge is 0.105 e. The summed E-state index contributed by atoms with van der Waals surface area (Å²) in [6.45, 7) is 3.10. The Kier molecular flexibility index (Phi) is 6.30. The van der Waals surface area contributed by atoms with E-state index in [2.05, 4.69) is 98.0 Å². The summed E-state index contributed by atoms with van der Waals surface area (Å²) in [5.41, 5.74) is 4.17. The lowest BCUT2D eigenvalue weighted by Crippen LogP contribution is -2.41. The molecule has 0 aromatic heterocycles. The summed E-state index contributed by atoms with van der Waals surface area (Å²) in [5.74, 6) is 0. The largest absolute Gasteiger partial charge is 0.870 e. The van der Waals surface area contributed by atoms with Crippen LogP contribution in [-0.4, -0.2) is 17.0 Å². The van der Waals surface area contributed by atoms with E-state index in [1.54, 1.807) is 0 Å². The number of rotatable bonds is 6. The van der Waals surface area contributed by atoms with Crippen molar-refractivity contribution in [3.63, 3.8) is 0 Å². The first-order valence-corrected chi connectivity index (χ1v) is 8.19. The molecule has 0 aliphatic heterocycles. The maximum atomic E-state index is 2.35. The Bertz CT molecular complexity index is 609. The quantitative estimate of drug-likeness (QED) is 0.597. The molecule has 0 aliphatic rings. The van der Waals surface area contributed by atoms with Crippen molar-refractivity contribution in [2.75, 3.05) is 7.05 Å². The number of hydrogen-bond donors (Lipinski definition) is 0. The van der Waals surface area contributed by atoms with Gasteiger partial charge in [-0.3, -0.25) is 0 Å². The fourth-order valence-electron chi connectivity index (χ4n) is 3.24. The summed E-state index contributed by atoms with van der Waals surface area (Å²) in [4.78, 5) is 0. The zero-order valence-corrected chi connectivity index (χ0v) is 14.2. The molecule has 0 heterocycles. The fourth-order valence-corrected chi connectivity index (χ4v) is 3.24. The van der Waals surface area contributed by atoms with Crippen molar-refractivity contribution >= 4 is 0 Å². The maximum Gasteiger partial charge on any atom is 0.105 e. The van der Waals surface area contributed by atoms with Gasteiger partial charge in [0.05, 0.1) is 7.05 Å². The highest BCUT2D eigenvalue weighted by atomic mass is 16.0. The van der Waals surface area contributed by atoms with Crippen LogP contribution in [0.3, 0.4) is 0 Å². The van der Waals surface area contributed by atoms with Crippen LogP contribution in [0.2, 0.25) is 0 Å². The number of hydrogen-bond acceptors (Lipinski definition) is 1. The van der Waals surface area contributed by atoms with Crippen molar-refractivity contribution in [2.45, 2.75) is 19.6 Å². The summed E-state index contributed by atoms with van der Waals surface area (Å²) in [6, 6.07) is 32.4. The molecular weight excluding hydrogens is 294 g/mol. The Morgan fingerprint density at radius 2 is 0.750 bits per heavy atom. The summed E-state index contributed by atoms with van der Waals surface area (Å²) in [5, 5.41) is 0. The normalized spacial score (nSPS) is 10.9. The van der Waals surface area contributed by atoms with Crippen molar-refractivity contribution < 1.29 is 9.96 Å². The SMILES string of the molecule is C[N+](Cc1ccccc1)(Cc1ccccc1)Cc1ccccc1.[OH-]. The molecule has 0 atom stereocenters. The van der Waals surface area contributed by atoms with E-state index in [0.29, 0.717) is 0 Å². The van der Waals surface area contributed by atoms with Crippen LogP contribution in [0.15, 0.2) is 91.0 Å². The van der Waals surface area contributed by atoms with Gasteiger partial charge >= 0.3 is 0 Å². The molecule has 124 valence electrons. The third kappa shape index (κ3) is 5.05. The molecule has 0 aliphatic carbocycles. The van der Waals surface area contributed by atoms with E-state index in [4.69, 9.17) is 0 Å². The van der Waals surface area contributed by atoms with Crippen molar-refractivity contribution in [2.24, 2.45) is 0 Å². The van der Waals surface area contributed by atoms with Gasteiger partial charge in [0.1, 0.15) is 19.6 Å². The van der Waals surface area contributed by atoms with Gasteiger partial charge in [-0.2, -0.15) is 0 Å². The number of benzene rings is 3. The fraction of sp³-hybridized carbons (Fsp3) is 0.182. The van der Waals surface area contributed by atoms with E-state index in [1.165, 1.54) is 16.7 Å². The molecule has 0 fully saturated rings. The molecule has 0 spiro atoms. The molecule has 0 saturated carbocycles. The maximum absolute atomic E-state index is 2.35. The third-order valence-electron chi connectivity index (χ3n) is 4.22. The van der Waals surface area contributed by atoms with Crippen LogP contribution in [0.5, 0.6) is 0 Å². The standard InChI is InChI=1S/C22H24N.H2O/c1-23(17-20-11-5-2-6-12-20,18-21-13-7-3-8-14-21)19-22-15-9-4-10-16-22;/h2-16H,17-19H2,1H3;1H2/q+1;/p-1. The Labute approximate surface area is 144 Å². The molecule has 0 bridgehead atoms. The van der Waals surface area contributed by atoms with Gasteiger partial charge in [-0.1, -0.05) is 91.0 Å². The van der Waals surface area contributed by atoms with E-state index in [1.807, 2.05) is 0 Å². The first-order valence-electron chi connectivity index (χ1n) is 8.19. The zero-order valence-electron chi connectivity index (χ0n) is 14.2. The van der Waals surface area contributed by atoms with Crippen molar-refractivity contribution in [3.8, 4) is 0 Å². The second-order valence-electron chi connectivity index (χ2n) is 6.55. The van der Waals surface area contributed by atoms with Gasteiger partial charge in [-0.25, -0.2) is 0 Å². The van der Waals surface area contributed by atoms with Gasteiger partial charge in [0.15, 0.2) is 0 Å². The van der Waals surface area contributed by atoms with E-state index in [-0.39, 0.29) is 5.48 Å². The van der Waals surface area contributed by atoms with Crippen LogP contribution >= 0.6 is 0 Å². The third-order valence-corrected chi connectivity index (χ3v) is 4.22. The predicted molar refractivity (Wildman–Crippen MR) is 98.6 cm³/mol. The summed E-state index contributed by atoms with van der Waals surface area (Å²) in [6.07, 6.45) is 0. The highest BCUT2D eigenvalue weighted by Gasteiger charge is 2.23. The monoisotopic (exact) mass is 319 g/mol. The van der Waals surface area contributed by atoms with E-state index < -0.39 is 0 Å². The molecular formula is C22H25NO. The Balaban J connectivity index is 0.00000208. The number of nitrogens with zero attached hydrogens (tertiary/aromatic N) is 1. The highest BCUT2D eigenvalue weighted by molar-refractivity contribution is 5.17. The summed E-state index contributed by atoms with van der Waals surface area (Å²) >= 11 is 0. The molecule has 0 unspecified atom stereocenters. The van der Waals surface area contributed by atoms with Crippen LogP contribution in [0, 0.1) is 0 Å². The topological polar surface area (TPSA) is 30.0 Å². The molecule has 3 rings (SSSR count). The molecule has 3 aromatic carbocycles. The second kappa shape index (κ2) is 8.44. The molecule has 2 nitrogen and oxygen atoms in total. The Morgan fingerprint density at radius 1 is 0.500 bits per heavy atom. The molecule has 2 heteroatoms. The van der Waals surface area contributed by atoms with Crippen molar-refractivity contribution in [1.29, 1.82) is 0 Å².